The van der Waals surface area contributed by atoms with E-state index in [9.17, 15) is 5.11 Å². The number of guanidine groups is 1. The summed E-state index contributed by atoms with van der Waals surface area (Å²) in [6.07, 6.45) is 1.18. The maximum Gasteiger partial charge on any atom is 0.228 e. The van der Waals surface area contributed by atoms with Gasteiger partial charge in [0.15, 0.2) is 11.8 Å². The normalized spacial score (nSPS) is 20.1. The summed E-state index contributed by atoms with van der Waals surface area (Å²) in [4.78, 5) is 10.7. The molecule has 0 aliphatic carbocycles. The van der Waals surface area contributed by atoms with E-state index in [1.807, 2.05) is 6.92 Å². The van der Waals surface area contributed by atoms with Gasteiger partial charge in [-0.3, -0.25) is 4.99 Å². The van der Waals surface area contributed by atoms with Crippen LogP contribution in [0, 0.1) is 6.92 Å². The molecule has 0 radical (unpaired) electrons. The Hall–Kier alpha value is -1.63. The van der Waals surface area contributed by atoms with E-state index in [2.05, 4.69) is 25.3 Å². The van der Waals surface area contributed by atoms with E-state index in [0.717, 1.165) is 25.5 Å². The first-order valence-corrected chi connectivity index (χ1v) is 6.69. The Morgan fingerprint density at radius 1 is 1.63 bits per heavy atom. The number of rotatable bonds is 4. The number of aliphatic hydroxyl groups is 1. The smallest absolute Gasteiger partial charge is 0.228 e. The molecule has 7 nitrogen and oxygen atoms in total. The Morgan fingerprint density at radius 2 is 2.47 bits per heavy atom. The number of aliphatic imine (C=N–C) groups is 1. The molecule has 1 aliphatic rings. The van der Waals surface area contributed by atoms with Crippen LogP contribution in [0.4, 0.5) is 0 Å². The standard InChI is InChI=1S/C12H21N5O2/c1-3-13-12(17-7-5-10(18)8-17)14-6-4-11-15-9(2)16-19-11/h10,18H,3-8H2,1-2H3,(H,13,14)/t10-/m1/s1. The Bertz CT molecular complexity index is 432. The molecule has 0 bridgehead atoms. The van der Waals surface area contributed by atoms with Crippen molar-refractivity contribution in [2.45, 2.75) is 32.8 Å². The second-order valence-corrected chi connectivity index (χ2v) is 4.61. The molecule has 7 heteroatoms. The Labute approximate surface area is 112 Å². The number of nitrogens with one attached hydrogen (secondary N) is 1. The highest BCUT2D eigenvalue weighted by molar-refractivity contribution is 5.80. The number of aliphatic hydroxyl groups excluding tert-OH is 1. The summed E-state index contributed by atoms with van der Waals surface area (Å²) in [6.45, 7) is 6.72. The van der Waals surface area contributed by atoms with Crippen LogP contribution in [0.1, 0.15) is 25.1 Å². The maximum atomic E-state index is 9.57. The van der Waals surface area contributed by atoms with Crippen LogP contribution in [-0.2, 0) is 6.42 Å². The summed E-state index contributed by atoms with van der Waals surface area (Å²) in [5.41, 5.74) is 0. The largest absolute Gasteiger partial charge is 0.391 e. The minimum absolute atomic E-state index is 0.248. The molecule has 106 valence electrons. The lowest BCUT2D eigenvalue weighted by Gasteiger charge is -2.20. The fourth-order valence-electron chi connectivity index (χ4n) is 2.06. The van der Waals surface area contributed by atoms with Crippen molar-refractivity contribution in [3.63, 3.8) is 0 Å². The fourth-order valence-corrected chi connectivity index (χ4v) is 2.06. The highest BCUT2D eigenvalue weighted by atomic mass is 16.5. The number of hydrogen-bond acceptors (Lipinski definition) is 5. The Balaban J connectivity index is 1.89. The van der Waals surface area contributed by atoms with Gasteiger partial charge in [-0.15, -0.1) is 0 Å². The molecule has 1 saturated heterocycles. The van der Waals surface area contributed by atoms with Crippen LogP contribution < -0.4 is 5.32 Å². The molecule has 1 aliphatic heterocycles. The topological polar surface area (TPSA) is 86.8 Å². The molecule has 19 heavy (non-hydrogen) atoms. The van der Waals surface area contributed by atoms with Gasteiger partial charge in [0, 0.05) is 26.1 Å². The van der Waals surface area contributed by atoms with Crippen molar-refractivity contribution in [1.29, 1.82) is 0 Å². The van der Waals surface area contributed by atoms with Crippen molar-refractivity contribution >= 4 is 5.96 Å². The van der Waals surface area contributed by atoms with Gasteiger partial charge in [-0.2, -0.15) is 4.98 Å². The van der Waals surface area contributed by atoms with Crippen molar-refractivity contribution in [2.24, 2.45) is 4.99 Å². The molecule has 2 heterocycles. The van der Waals surface area contributed by atoms with Crippen molar-refractivity contribution in [3.05, 3.63) is 11.7 Å². The van der Waals surface area contributed by atoms with Gasteiger partial charge in [0.1, 0.15) is 0 Å². The third kappa shape index (κ3) is 3.92. The van der Waals surface area contributed by atoms with Gasteiger partial charge in [-0.05, 0) is 20.3 Å². The molecule has 1 atom stereocenters. The molecular formula is C12H21N5O2. The lowest BCUT2D eigenvalue weighted by atomic mass is 10.3. The van der Waals surface area contributed by atoms with Crippen molar-refractivity contribution in [2.75, 3.05) is 26.2 Å². The van der Waals surface area contributed by atoms with Crippen LogP contribution in [0.3, 0.4) is 0 Å². The van der Waals surface area contributed by atoms with Crippen molar-refractivity contribution in [3.8, 4) is 0 Å². The molecule has 1 aromatic heterocycles. The molecule has 0 amide bonds. The van der Waals surface area contributed by atoms with E-state index < -0.39 is 0 Å². The first-order valence-electron chi connectivity index (χ1n) is 6.69. The average Bonchev–Trinajstić information content (AvgIpc) is 2.97. The van der Waals surface area contributed by atoms with E-state index in [4.69, 9.17) is 4.52 Å². The molecule has 0 aromatic carbocycles. The number of nitrogens with zero attached hydrogens (tertiary/aromatic N) is 4. The zero-order valence-electron chi connectivity index (χ0n) is 11.5. The Kier molecular flexibility index (Phi) is 4.73. The van der Waals surface area contributed by atoms with Crippen LogP contribution in [0.15, 0.2) is 9.52 Å². The first kappa shape index (κ1) is 13.8. The quantitative estimate of drug-likeness (QED) is 0.587. The van der Waals surface area contributed by atoms with Crippen molar-refractivity contribution < 1.29 is 9.63 Å². The molecule has 0 unspecified atom stereocenters. The zero-order chi connectivity index (χ0) is 13.7. The third-order valence-corrected chi connectivity index (χ3v) is 2.95. The van der Waals surface area contributed by atoms with Gasteiger partial charge < -0.3 is 19.8 Å². The second-order valence-electron chi connectivity index (χ2n) is 4.61. The highest BCUT2D eigenvalue weighted by Gasteiger charge is 2.22. The predicted octanol–water partition coefficient (Wildman–Crippen LogP) is -0.0474. The average molecular weight is 267 g/mol. The van der Waals surface area contributed by atoms with Crippen LogP contribution in [0.2, 0.25) is 0 Å². The van der Waals surface area contributed by atoms with Crippen molar-refractivity contribution in [1.82, 2.24) is 20.4 Å². The van der Waals surface area contributed by atoms with Gasteiger partial charge in [-0.25, -0.2) is 0 Å². The predicted molar refractivity (Wildman–Crippen MR) is 70.9 cm³/mol. The van der Waals surface area contributed by atoms with Gasteiger partial charge in [-0.1, -0.05) is 5.16 Å². The molecular weight excluding hydrogens is 246 g/mol. The summed E-state index contributed by atoms with van der Waals surface area (Å²) in [5, 5.41) is 16.5. The molecule has 2 N–H and O–H groups in total. The zero-order valence-corrected chi connectivity index (χ0v) is 11.5. The van der Waals surface area contributed by atoms with Crippen LogP contribution in [-0.4, -0.2) is 58.4 Å². The molecule has 1 fully saturated rings. The van der Waals surface area contributed by atoms with Crippen LogP contribution >= 0.6 is 0 Å². The highest BCUT2D eigenvalue weighted by Crippen LogP contribution is 2.08. The van der Waals surface area contributed by atoms with E-state index in [1.165, 1.54) is 0 Å². The lowest BCUT2D eigenvalue weighted by molar-refractivity contribution is 0.188. The summed E-state index contributed by atoms with van der Waals surface area (Å²) >= 11 is 0. The summed E-state index contributed by atoms with van der Waals surface area (Å²) in [5.74, 6) is 2.10. The molecule has 0 saturated carbocycles. The number of aromatic nitrogens is 2. The minimum Gasteiger partial charge on any atom is -0.391 e. The number of β-amino-alcohol motifs (C(OH)–C–C–N with tert-alkyl or cyclic N) is 1. The monoisotopic (exact) mass is 267 g/mol. The van der Waals surface area contributed by atoms with Gasteiger partial charge in [0.05, 0.1) is 12.6 Å². The van der Waals surface area contributed by atoms with Gasteiger partial charge >= 0.3 is 0 Å². The van der Waals surface area contributed by atoms with E-state index >= 15 is 0 Å². The third-order valence-electron chi connectivity index (χ3n) is 2.95. The van der Waals surface area contributed by atoms with Gasteiger partial charge in [0.2, 0.25) is 5.89 Å². The number of aryl methyl sites for hydroxylation is 1. The summed E-state index contributed by atoms with van der Waals surface area (Å²) < 4.78 is 5.04. The van der Waals surface area contributed by atoms with E-state index in [-0.39, 0.29) is 6.10 Å². The number of likely N-dealkylation sites (tertiary alicyclic amines) is 1. The fraction of sp³-hybridized carbons (Fsp3) is 0.750. The van der Waals surface area contributed by atoms with Crippen LogP contribution in [0.25, 0.3) is 0 Å². The lowest BCUT2D eigenvalue weighted by Crippen LogP contribution is -2.40. The van der Waals surface area contributed by atoms with E-state index in [0.29, 0.717) is 31.2 Å². The van der Waals surface area contributed by atoms with Crippen LogP contribution in [0.5, 0.6) is 0 Å². The molecule has 2 rings (SSSR count). The first-order chi connectivity index (χ1) is 9.19. The maximum absolute atomic E-state index is 9.57. The van der Waals surface area contributed by atoms with Gasteiger partial charge in [0.25, 0.3) is 0 Å². The summed E-state index contributed by atoms with van der Waals surface area (Å²) in [7, 11) is 0. The second kappa shape index (κ2) is 6.51. The molecule has 1 aromatic rings. The summed E-state index contributed by atoms with van der Waals surface area (Å²) in [6, 6.07) is 0. The minimum atomic E-state index is -0.248. The number of hydrogen-bond donors (Lipinski definition) is 2. The molecule has 0 spiro atoms. The Morgan fingerprint density at radius 3 is 3.05 bits per heavy atom. The van der Waals surface area contributed by atoms with E-state index in [1.54, 1.807) is 6.92 Å². The SMILES string of the molecule is CCNC(=NCCc1nc(C)no1)N1CC[C@@H](O)C1.